The Hall–Kier alpha value is -3.81. The third-order valence-corrected chi connectivity index (χ3v) is 6.88. The van der Waals surface area contributed by atoms with Gasteiger partial charge in [0.15, 0.2) is 20.6 Å². The molecule has 1 fully saturated rings. The van der Waals surface area contributed by atoms with Crippen LogP contribution in [0.25, 0.3) is 11.3 Å². The monoisotopic (exact) mass is 555 g/mol. The van der Waals surface area contributed by atoms with Crippen LogP contribution in [0.1, 0.15) is 32.4 Å². The Morgan fingerprint density at radius 2 is 1.92 bits per heavy atom. The van der Waals surface area contributed by atoms with Gasteiger partial charge in [-0.1, -0.05) is 0 Å². The van der Waals surface area contributed by atoms with E-state index in [0.717, 1.165) is 6.26 Å². The van der Waals surface area contributed by atoms with Crippen LogP contribution in [-0.4, -0.2) is 67.6 Å². The number of ether oxygens (including phenoxy) is 4. The van der Waals surface area contributed by atoms with Crippen molar-refractivity contribution in [1.82, 2.24) is 15.0 Å². The van der Waals surface area contributed by atoms with Gasteiger partial charge in [-0.2, -0.15) is 0 Å². The smallest absolute Gasteiger partial charge is 0.257 e. The van der Waals surface area contributed by atoms with Gasteiger partial charge in [-0.15, -0.1) is 0 Å². The minimum Gasteiger partial charge on any atom is -0.479 e. The maximum atomic E-state index is 12.5. The molecule has 0 aliphatic carbocycles. The summed E-state index contributed by atoms with van der Waals surface area (Å²) in [5.41, 5.74) is 1.68. The zero-order valence-corrected chi connectivity index (χ0v) is 22.8. The van der Waals surface area contributed by atoms with Gasteiger partial charge in [0, 0.05) is 31.0 Å². The first kappa shape index (κ1) is 26.8. The molecule has 5 heterocycles. The van der Waals surface area contributed by atoms with E-state index >= 15 is 0 Å². The second-order valence-corrected chi connectivity index (χ2v) is 11.9. The maximum absolute atomic E-state index is 12.5. The van der Waals surface area contributed by atoms with Gasteiger partial charge in [-0.25, -0.2) is 23.4 Å². The molecule has 2 N–H and O–H groups in total. The number of aromatic nitrogens is 3. The lowest BCUT2D eigenvalue weighted by Crippen LogP contribution is -2.39. The van der Waals surface area contributed by atoms with Crippen molar-refractivity contribution in [3.63, 3.8) is 0 Å². The zero-order valence-electron chi connectivity index (χ0n) is 22.0. The Morgan fingerprint density at radius 1 is 1.10 bits per heavy atom. The minimum absolute atomic E-state index is 0.116. The van der Waals surface area contributed by atoms with Crippen LogP contribution in [-0.2, 0) is 24.1 Å². The summed E-state index contributed by atoms with van der Waals surface area (Å²) in [7, 11) is -3.64. The molecule has 3 aromatic heterocycles. The first-order valence-electron chi connectivity index (χ1n) is 12.3. The Kier molecular flexibility index (Phi) is 7.14. The van der Waals surface area contributed by atoms with Gasteiger partial charge < -0.3 is 29.6 Å². The number of amides is 1. The van der Waals surface area contributed by atoms with Crippen molar-refractivity contribution in [2.24, 2.45) is 0 Å². The fourth-order valence-corrected chi connectivity index (χ4v) is 4.74. The average molecular weight is 556 g/mol. The van der Waals surface area contributed by atoms with Crippen LogP contribution in [0.4, 0.5) is 17.3 Å². The number of nitrogens with zero attached hydrogens (tertiary/aromatic N) is 3. The Morgan fingerprint density at radius 3 is 2.64 bits per heavy atom. The molecule has 2 aliphatic heterocycles. The van der Waals surface area contributed by atoms with Crippen molar-refractivity contribution in [2.75, 3.05) is 43.3 Å². The van der Waals surface area contributed by atoms with Crippen molar-refractivity contribution < 1.29 is 32.2 Å². The van der Waals surface area contributed by atoms with E-state index in [1.807, 2.05) is 13.8 Å². The van der Waals surface area contributed by atoms with Gasteiger partial charge in [0.1, 0.15) is 29.9 Å². The number of hydrogen-bond acceptors (Lipinski definition) is 11. The summed E-state index contributed by atoms with van der Waals surface area (Å²) in [6.07, 6.45) is 2.20. The molecule has 0 spiro atoms. The molecule has 5 rings (SSSR count). The molecule has 12 nitrogen and oxygen atoms in total. The first-order chi connectivity index (χ1) is 18.5. The van der Waals surface area contributed by atoms with Crippen molar-refractivity contribution in [3.8, 4) is 22.9 Å². The van der Waals surface area contributed by atoms with E-state index in [0.29, 0.717) is 54.0 Å². The Labute approximate surface area is 226 Å². The maximum Gasteiger partial charge on any atom is 0.257 e. The normalized spacial score (nSPS) is 18.3. The predicted octanol–water partition coefficient (Wildman–Crippen LogP) is 3.28. The molecule has 0 unspecified atom stereocenters. The van der Waals surface area contributed by atoms with E-state index in [4.69, 9.17) is 18.9 Å². The Balaban J connectivity index is 1.57. The molecular formula is C26H29N5O7S. The molecule has 0 bridgehead atoms. The minimum atomic E-state index is -3.64. The Bertz CT molecular complexity index is 1520. The zero-order chi connectivity index (χ0) is 27.8. The van der Waals surface area contributed by atoms with Gasteiger partial charge >= 0.3 is 0 Å². The van der Waals surface area contributed by atoms with E-state index in [1.165, 1.54) is 13.0 Å². The van der Waals surface area contributed by atoms with E-state index in [9.17, 15) is 13.2 Å². The molecule has 3 aromatic rings. The molecule has 13 heteroatoms. The standard InChI is InChI=1S/C26H29N5O7S/c1-15(32)28-22-11-19(17(12-27-22)18-5-6-20-25(30-18)37-14-26(2,3)38-20)29-23-9-16(21-13-35-7-8-36-21)10-24(31-23)39(4,33)34/h5-6,9-12,21H,7-8,13-14H2,1-4H3,(H2,27,28,29,31,32)/t21-/m0/s1. The largest absolute Gasteiger partial charge is 0.479 e. The van der Waals surface area contributed by atoms with Crippen molar-refractivity contribution in [2.45, 2.75) is 37.5 Å². The average Bonchev–Trinajstić information content (AvgIpc) is 2.88. The molecule has 0 radical (unpaired) electrons. The molecule has 39 heavy (non-hydrogen) atoms. The first-order valence-corrected chi connectivity index (χ1v) is 14.2. The number of carbonyl (C=O) groups excluding carboxylic acids is 1. The molecular weight excluding hydrogens is 526 g/mol. The lowest BCUT2D eigenvalue weighted by molar-refractivity contribution is -0.114. The third-order valence-electron chi connectivity index (χ3n) is 5.91. The number of carbonyl (C=O) groups is 1. The highest BCUT2D eigenvalue weighted by molar-refractivity contribution is 7.90. The SMILES string of the molecule is CC(=O)Nc1cc(Nc2cc([C@@H]3COCCO3)cc(S(C)(=O)=O)n2)c(-c2ccc3c(n2)OCC(C)(C)O3)cn1. The molecule has 2 aliphatic rings. The molecule has 1 atom stereocenters. The fourth-order valence-electron chi connectivity index (χ4n) is 4.12. The summed E-state index contributed by atoms with van der Waals surface area (Å²) in [6, 6.07) is 8.34. The van der Waals surface area contributed by atoms with E-state index in [2.05, 4.69) is 25.6 Å². The summed E-state index contributed by atoms with van der Waals surface area (Å²) in [4.78, 5) is 25.0. The fraction of sp³-hybridized carbons (Fsp3) is 0.385. The third kappa shape index (κ3) is 6.27. The topological polar surface area (TPSA) is 151 Å². The lowest BCUT2D eigenvalue weighted by Gasteiger charge is -2.31. The van der Waals surface area contributed by atoms with Crippen LogP contribution < -0.4 is 20.1 Å². The number of rotatable bonds is 6. The van der Waals surface area contributed by atoms with Gasteiger partial charge in [0.2, 0.25) is 5.91 Å². The predicted molar refractivity (Wildman–Crippen MR) is 142 cm³/mol. The highest BCUT2D eigenvalue weighted by Gasteiger charge is 2.29. The van der Waals surface area contributed by atoms with E-state index < -0.39 is 21.5 Å². The lowest BCUT2D eigenvalue weighted by atomic mass is 10.1. The molecule has 0 saturated carbocycles. The number of nitrogens with one attached hydrogen (secondary N) is 2. The highest BCUT2D eigenvalue weighted by Crippen LogP contribution is 2.38. The van der Waals surface area contributed by atoms with Crippen LogP contribution >= 0.6 is 0 Å². The van der Waals surface area contributed by atoms with Gasteiger partial charge in [0.05, 0.1) is 31.2 Å². The highest BCUT2D eigenvalue weighted by atomic mass is 32.2. The van der Waals surface area contributed by atoms with Gasteiger partial charge in [-0.3, -0.25) is 4.79 Å². The van der Waals surface area contributed by atoms with Gasteiger partial charge in [-0.05, 0) is 43.7 Å². The molecule has 0 aromatic carbocycles. The van der Waals surface area contributed by atoms with E-state index in [-0.39, 0.29) is 29.2 Å². The van der Waals surface area contributed by atoms with Crippen LogP contribution in [0, 0.1) is 0 Å². The molecule has 1 saturated heterocycles. The molecule has 206 valence electrons. The van der Waals surface area contributed by atoms with Crippen LogP contribution in [0.15, 0.2) is 41.6 Å². The molecule has 1 amide bonds. The number of fused-ring (bicyclic) bond motifs is 1. The van der Waals surface area contributed by atoms with Crippen molar-refractivity contribution in [3.05, 3.63) is 42.1 Å². The summed E-state index contributed by atoms with van der Waals surface area (Å²) in [5, 5.41) is 5.74. The number of pyridine rings is 3. The number of sulfone groups is 1. The summed E-state index contributed by atoms with van der Waals surface area (Å²) < 4.78 is 48.0. The van der Waals surface area contributed by atoms with Crippen LogP contribution in [0.2, 0.25) is 0 Å². The number of hydrogen-bond donors (Lipinski definition) is 2. The quantitative estimate of drug-likeness (QED) is 0.461. The van der Waals surface area contributed by atoms with Crippen LogP contribution in [0.3, 0.4) is 0 Å². The summed E-state index contributed by atoms with van der Waals surface area (Å²) >= 11 is 0. The second kappa shape index (κ2) is 10.4. The number of anilines is 3. The summed E-state index contributed by atoms with van der Waals surface area (Å²) in [6.45, 7) is 6.71. The van der Waals surface area contributed by atoms with Crippen LogP contribution in [0.5, 0.6) is 11.6 Å². The van der Waals surface area contributed by atoms with Crippen molar-refractivity contribution >= 4 is 33.1 Å². The van der Waals surface area contributed by atoms with Gasteiger partial charge in [0.25, 0.3) is 5.88 Å². The summed E-state index contributed by atoms with van der Waals surface area (Å²) in [5.74, 6) is 1.11. The second-order valence-electron chi connectivity index (χ2n) is 9.90. The van der Waals surface area contributed by atoms with Crippen molar-refractivity contribution in [1.29, 1.82) is 0 Å². The van der Waals surface area contributed by atoms with E-state index in [1.54, 1.807) is 30.5 Å².